The number of hydrogen-bond donors (Lipinski definition) is 2. The second-order valence-corrected chi connectivity index (χ2v) is 6.90. The molecule has 7 heteroatoms. The first-order valence-corrected chi connectivity index (χ1v) is 8.83. The van der Waals surface area contributed by atoms with Gasteiger partial charge in [-0.05, 0) is 37.1 Å². The van der Waals surface area contributed by atoms with E-state index < -0.39 is 5.54 Å². The van der Waals surface area contributed by atoms with E-state index in [4.69, 9.17) is 9.26 Å². The van der Waals surface area contributed by atoms with Gasteiger partial charge in [-0.25, -0.2) is 4.79 Å². The molecule has 2 aromatic rings. The molecule has 136 valence electrons. The normalized spacial score (nSPS) is 18.4. The topological polar surface area (TPSA) is 93.5 Å². The number of anilines is 1. The molecule has 1 saturated heterocycles. The van der Waals surface area contributed by atoms with Crippen LogP contribution in [-0.2, 0) is 16.7 Å². The first-order chi connectivity index (χ1) is 12.6. The molecule has 7 nitrogen and oxygen atoms in total. The van der Waals surface area contributed by atoms with Crippen molar-refractivity contribution >= 4 is 17.5 Å². The van der Waals surface area contributed by atoms with Gasteiger partial charge in [-0.2, -0.15) is 0 Å². The van der Waals surface area contributed by atoms with Gasteiger partial charge in [0, 0.05) is 49.8 Å². The molecule has 1 aromatic carbocycles. The highest BCUT2D eigenvalue weighted by Gasteiger charge is 2.39. The third kappa shape index (κ3) is 3.10. The van der Waals surface area contributed by atoms with Gasteiger partial charge in [-0.1, -0.05) is 5.16 Å². The van der Waals surface area contributed by atoms with Crippen LogP contribution in [0.3, 0.4) is 0 Å². The zero-order valence-corrected chi connectivity index (χ0v) is 14.6. The average molecular weight is 355 g/mol. The highest BCUT2D eigenvalue weighted by Crippen LogP contribution is 2.33. The molecular weight excluding hydrogens is 334 g/mol. The standard InChI is InChI=1S/C19H21N3O4/c1-12-10-17(26-22-12)19(6-8-25-9-7-19)21-18(24)20-14-3-4-15-13(11-14)2-5-16(15)23/h3-4,10-11H,2,5-9H2,1H3,(H2,20,21,24). The molecule has 0 atom stereocenters. The number of ketones is 1. The number of benzene rings is 1. The molecular formula is C19H21N3O4. The molecule has 2 amide bonds. The van der Waals surface area contributed by atoms with Crippen LogP contribution in [0.5, 0.6) is 0 Å². The molecule has 1 aliphatic carbocycles. The van der Waals surface area contributed by atoms with Gasteiger partial charge in [-0.3, -0.25) is 4.79 Å². The summed E-state index contributed by atoms with van der Waals surface area (Å²) in [6.07, 6.45) is 2.50. The summed E-state index contributed by atoms with van der Waals surface area (Å²) in [6, 6.07) is 6.95. The fraction of sp³-hybridized carbons (Fsp3) is 0.421. The molecule has 1 fully saturated rings. The Morgan fingerprint density at radius 1 is 1.19 bits per heavy atom. The predicted octanol–water partition coefficient (Wildman–Crippen LogP) is 2.94. The van der Waals surface area contributed by atoms with Crippen molar-refractivity contribution < 1.29 is 18.8 Å². The molecule has 0 radical (unpaired) electrons. The largest absolute Gasteiger partial charge is 0.381 e. The highest BCUT2D eigenvalue weighted by atomic mass is 16.5. The summed E-state index contributed by atoms with van der Waals surface area (Å²) in [7, 11) is 0. The number of amides is 2. The third-order valence-electron chi connectivity index (χ3n) is 5.08. The summed E-state index contributed by atoms with van der Waals surface area (Å²) >= 11 is 0. The fourth-order valence-electron chi connectivity index (χ4n) is 3.65. The van der Waals surface area contributed by atoms with Crippen molar-refractivity contribution in [2.24, 2.45) is 0 Å². The van der Waals surface area contributed by atoms with E-state index in [2.05, 4.69) is 15.8 Å². The lowest BCUT2D eigenvalue weighted by Gasteiger charge is -2.35. The molecule has 0 saturated carbocycles. The monoisotopic (exact) mass is 355 g/mol. The smallest absolute Gasteiger partial charge is 0.320 e. The lowest BCUT2D eigenvalue weighted by Crippen LogP contribution is -2.50. The van der Waals surface area contributed by atoms with Crippen molar-refractivity contribution in [3.05, 3.63) is 46.8 Å². The number of rotatable bonds is 3. The predicted molar refractivity (Wildman–Crippen MR) is 94.2 cm³/mol. The van der Waals surface area contributed by atoms with E-state index in [0.717, 1.165) is 23.2 Å². The number of aromatic nitrogens is 1. The van der Waals surface area contributed by atoms with Gasteiger partial charge in [0.15, 0.2) is 11.5 Å². The van der Waals surface area contributed by atoms with E-state index in [1.807, 2.05) is 19.1 Å². The second-order valence-electron chi connectivity index (χ2n) is 6.90. The van der Waals surface area contributed by atoms with Crippen molar-refractivity contribution in [3.8, 4) is 0 Å². The molecule has 2 heterocycles. The maximum absolute atomic E-state index is 12.6. The molecule has 1 aliphatic heterocycles. The number of nitrogens with zero attached hydrogens (tertiary/aromatic N) is 1. The minimum absolute atomic E-state index is 0.165. The highest BCUT2D eigenvalue weighted by molar-refractivity contribution is 6.01. The van der Waals surface area contributed by atoms with Crippen LogP contribution < -0.4 is 10.6 Å². The Bertz CT molecular complexity index is 852. The Hall–Kier alpha value is -2.67. The van der Waals surface area contributed by atoms with Crippen molar-refractivity contribution in [3.63, 3.8) is 0 Å². The van der Waals surface area contributed by atoms with E-state index in [0.29, 0.717) is 43.9 Å². The third-order valence-corrected chi connectivity index (χ3v) is 5.08. The quantitative estimate of drug-likeness (QED) is 0.883. The van der Waals surface area contributed by atoms with Crippen LogP contribution in [0.15, 0.2) is 28.8 Å². The Morgan fingerprint density at radius 3 is 2.73 bits per heavy atom. The number of Topliss-reactive ketones (excluding diaryl/α,β-unsaturated/α-hetero) is 1. The van der Waals surface area contributed by atoms with Crippen molar-refractivity contribution in [1.82, 2.24) is 10.5 Å². The van der Waals surface area contributed by atoms with Crippen molar-refractivity contribution in [2.45, 2.75) is 38.1 Å². The Labute approximate surface area is 151 Å². The zero-order valence-electron chi connectivity index (χ0n) is 14.6. The maximum Gasteiger partial charge on any atom is 0.320 e. The summed E-state index contributed by atoms with van der Waals surface area (Å²) in [5.74, 6) is 0.811. The molecule has 0 unspecified atom stereocenters. The molecule has 2 N–H and O–H groups in total. The van der Waals surface area contributed by atoms with E-state index >= 15 is 0 Å². The summed E-state index contributed by atoms with van der Waals surface area (Å²) in [4.78, 5) is 24.4. The van der Waals surface area contributed by atoms with E-state index in [9.17, 15) is 9.59 Å². The van der Waals surface area contributed by atoms with Gasteiger partial charge >= 0.3 is 6.03 Å². The summed E-state index contributed by atoms with van der Waals surface area (Å²) in [5, 5.41) is 9.88. The number of aryl methyl sites for hydroxylation is 2. The van der Waals surface area contributed by atoms with Gasteiger partial charge in [0.2, 0.25) is 0 Å². The molecule has 0 spiro atoms. The van der Waals surface area contributed by atoms with Crippen LogP contribution >= 0.6 is 0 Å². The van der Waals surface area contributed by atoms with E-state index in [1.165, 1.54) is 0 Å². The van der Waals surface area contributed by atoms with Crippen LogP contribution in [0, 0.1) is 6.92 Å². The number of hydrogen-bond acceptors (Lipinski definition) is 5. The first-order valence-electron chi connectivity index (χ1n) is 8.83. The molecule has 2 aliphatic rings. The lowest BCUT2D eigenvalue weighted by atomic mass is 9.87. The van der Waals surface area contributed by atoms with E-state index in [-0.39, 0.29) is 11.8 Å². The fourth-order valence-corrected chi connectivity index (χ4v) is 3.65. The minimum atomic E-state index is -0.629. The first kappa shape index (κ1) is 16.8. The number of fused-ring (bicyclic) bond motifs is 1. The summed E-state index contributed by atoms with van der Waals surface area (Å²) in [6.45, 7) is 2.94. The van der Waals surface area contributed by atoms with Crippen molar-refractivity contribution in [1.29, 1.82) is 0 Å². The van der Waals surface area contributed by atoms with Gasteiger partial charge in [0.05, 0.1) is 5.69 Å². The molecule has 0 bridgehead atoms. The lowest BCUT2D eigenvalue weighted by molar-refractivity contribution is 0.0307. The number of ether oxygens (including phenoxy) is 1. The van der Waals surface area contributed by atoms with Gasteiger partial charge in [-0.15, -0.1) is 0 Å². The van der Waals surface area contributed by atoms with Crippen LogP contribution in [-0.4, -0.2) is 30.2 Å². The second kappa shape index (κ2) is 6.57. The van der Waals surface area contributed by atoms with E-state index in [1.54, 1.807) is 12.1 Å². The number of nitrogens with one attached hydrogen (secondary N) is 2. The van der Waals surface area contributed by atoms with Gasteiger partial charge in [0.25, 0.3) is 0 Å². The number of carbonyl (C=O) groups is 2. The zero-order chi connectivity index (χ0) is 18.1. The Balaban J connectivity index is 1.51. The van der Waals surface area contributed by atoms with Gasteiger partial charge in [0.1, 0.15) is 5.54 Å². The molecule has 4 rings (SSSR count). The minimum Gasteiger partial charge on any atom is -0.381 e. The van der Waals surface area contributed by atoms with Crippen LogP contribution in [0.4, 0.5) is 10.5 Å². The van der Waals surface area contributed by atoms with Crippen LogP contribution in [0.2, 0.25) is 0 Å². The number of urea groups is 1. The Morgan fingerprint density at radius 2 is 2.00 bits per heavy atom. The van der Waals surface area contributed by atoms with Crippen LogP contribution in [0.1, 0.15) is 46.6 Å². The maximum atomic E-state index is 12.6. The van der Waals surface area contributed by atoms with Crippen LogP contribution in [0.25, 0.3) is 0 Å². The number of carbonyl (C=O) groups excluding carboxylic acids is 2. The molecule has 26 heavy (non-hydrogen) atoms. The SMILES string of the molecule is Cc1cc(C2(NC(=O)Nc3ccc4c(c3)CCC4=O)CCOCC2)on1. The Kier molecular flexibility index (Phi) is 4.24. The summed E-state index contributed by atoms with van der Waals surface area (Å²) in [5.41, 5.74) is 2.56. The van der Waals surface area contributed by atoms with Crippen molar-refractivity contribution in [2.75, 3.05) is 18.5 Å². The average Bonchev–Trinajstić information content (AvgIpc) is 3.22. The van der Waals surface area contributed by atoms with Gasteiger partial charge < -0.3 is 19.9 Å². The summed E-state index contributed by atoms with van der Waals surface area (Å²) < 4.78 is 10.9. The molecule has 1 aromatic heterocycles.